The van der Waals surface area contributed by atoms with Crippen molar-refractivity contribution in [3.05, 3.63) is 29.8 Å². The van der Waals surface area contributed by atoms with Crippen LogP contribution in [0.5, 0.6) is 0 Å². The highest BCUT2D eigenvalue weighted by Gasteiger charge is 2.39. The molecule has 140 valence electrons. The lowest BCUT2D eigenvalue weighted by atomic mass is 9.99. The van der Waals surface area contributed by atoms with Crippen LogP contribution in [-0.2, 0) is 21.4 Å². The normalized spacial score (nSPS) is 24.0. The molecular weight excluding hydrogens is 408 g/mol. The fraction of sp³-hybridized carbons (Fsp3) is 0.562. The summed E-state index contributed by atoms with van der Waals surface area (Å²) in [5.41, 5.74) is 6.68. The van der Waals surface area contributed by atoms with Crippen LogP contribution < -0.4 is 16.2 Å². The van der Waals surface area contributed by atoms with E-state index < -0.39 is 16.1 Å². The molecule has 2 rings (SSSR count). The van der Waals surface area contributed by atoms with E-state index in [1.165, 1.54) is 14.1 Å². The molecule has 25 heavy (non-hydrogen) atoms. The van der Waals surface area contributed by atoms with E-state index in [2.05, 4.69) is 45.9 Å². The number of hydrogen-bond donors (Lipinski definition) is 3. The molecule has 1 saturated heterocycles. The van der Waals surface area contributed by atoms with Gasteiger partial charge in [0.05, 0.1) is 9.72 Å². The summed E-state index contributed by atoms with van der Waals surface area (Å²) >= 11 is 3.58. The molecule has 1 aromatic rings. The number of nitrogens with zero attached hydrogens (tertiary/aromatic N) is 1. The van der Waals surface area contributed by atoms with Crippen LogP contribution in [0.4, 0.5) is 0 Å². The Kier molecular flexibility index (Phi) is 6.61. The smallest absolute Gasteiger partial charge is 0.242 e. The van der Waals surface area contributed by atoms with E-state index in [1.807, 2.05) is 0 Å². The van der Waals surface area contributed by atoms with E-state index in [-0.39, 0.29) is 28.2 Å². The average Bonchev–Trinajstić information content (AvgIpc) is 2.94. The molecular formula is C16H25BrN4O3S. The molecule has 0 aromatic heterocycles. The number of amides is 1. The van der Waals surface area contributed by atoms with Gasteiger partial charge in [0.2, 0.25) is 15.9 Å². The molecule has 3 unspecified atom stereocenters. The molecule has 3 atom stereocenters. The molecule has 0 radical (unpaired) electrons. The molecule has 1 aromatic carbocycles. The third-order valence-corrected chi connectivity index (χ3v) is 7.27. The van der Waals surface area contributed by atoms with Gasteiger partial charge in [-0.1, -0.05) is 48.0 Å². The zero-order chi connectivity index (χ0) is 18.8. The van der Waals surface area contributed by atoms with Crippen molar-refractivity contribution in [2.45, 2.75) is 42.2 Å². The minimum Gasteiger partial charge on any atom is -0.351 e. The van der Waals surface area contributed by atoms with Gasteiger partial charge in [0.15, 0.2) is 0 Å². The van der Waals surface area contributed by atoms with E-state index in [4.69, 9.17) is 0 Å². The maximum Gasteiger partial charge on any atom is 0.242 e. The summed E-state index contributed by atoms with van der Waals surface area (Å²) in [6.07, 6.45) is 0. The number of hydrogen-bond acceptors (Lipinski definition) is 5. The second-order valence-corrected chi connectivity index (χ2v) is 9.77. The lowest BCUT2D eigenvalue weighted by molar-refractivity contribution is -0.122. The number of carbonyl (C=O) groups excluding carboxylic acids is 1. The van der Waals surface area contributed by atoms with Gasteiger partial charge in [0.25, 0.3) is 0 Å². The van der Waals surface area contributed by atoms with Crippen molar-refractivity contribution in [1.82, 2.24) is 20.5 Å². The largest absolute Gasteiger partial charge is 0.351 e. The molecule has 1 heterocycles. The van der Waals surface area contributed by atoms with E-state index in [0.29, 0.717) is 11.5 Å². The van der Waals surface area contributed by atoms with Crippen LogP contribution in [-0.4, -0.2) is 49.6 Å². The Balaban J connectivity index is 2.09. The molecule has 1 aliphatic rings. The summed E-state index contributed by atoms with van der Waals surface area (Å²) in [6, 6.07) is 6.40. The van der Waals surface area contributed by atoms with E-state index in [0.717, 1.165) is 4.31 Å². The molecule has 9 heteroatoms. The SMILES string of the molecule is CC(C)C1NNC(C(=O)NCc2ccccc2S(=O)(=O)N(C)C)C1Br. The van der Waals surface area contributed by atoms with Crippen molar-refractivity contribution in [3.63, 3.8) is 0 Å². The van der Waals surface area contributed by atoms with Crippen LogP contribution in [0, 0.1) is 5.92 Å². The summed E-state index contributed by atoms with van der Waals surface area (Å²) in [5.74, 6) is 0.176. The Bertz CT molecular complexity index is 724. The van der Waals surface area contributed by atoms with Crippen LogP contribution in [0.25, 0.3) is 0 Å². The monoisotopic (exact) mass is 432 g/mol. The van der Waals surface area contributed by atoms with E-state index in [9.17, 15) is 13.2 Å². The molecule has 1 fully saturated rings. The first-order valence-electron chi connectivity index (χ1n) is 8.09. The van der Waals surface area contributed by atoms with Crippen LogP contribution in [0.3, 0.4) is 0 Å². The summed E-state index contributed by atoms with van der Waals surface area (Å²) < 4.78 is 26.0. The van der Waals surface area contributed by atoms with Crippen molar-refractivity contribution in [2.75, 3.05) is 14.1 Å². The second kappa shape index (κ2) is 8.13. The van der Waals surface area contributed by atoms with Crippen molar-refractivity contribution in [3.8, 4) is 0 Å². The number of nitrogens with one attached hydrogen (secondary N) is 3. The van der Waals surface area contributed by atoms with Gasteiger partial charge in [-0.25, -0.2) is 18.1 Å². The van der Waals surface area contributed by atoms with Gasteiger partial charge >= 0.3 is 0 Å². The Labute approximate surface area is 157 Å². The Morgan fingerprint density at radius 1 is 1.28 bits per heavy atom. The molecule has 0 saturated carbocycles. The molecule has 0 bridgehead atoms. The number of sulfonamides is 1. The number of benzene rings is 1. The maximum atomic E-state index is 12.5. The topological polar surface area (TPSA) is 90.5 Å². The summed E-state index contributed by atoms with van der Waals surface area (Å²) in [6.45, 7) is 4.30. The molecule has 1 aliphatic heterocycles. The summed E-state index contributed by atoms with van der Waals surface area (Å²) in [4.78, 5) is 12.6. The van der Waals surface area contributed by atoms with Crippen LogP contribution in [0.15, 0.2) is 29.2 Å². The minimum atomic E-state index is -3.56. The fourth-order valence-corrected chi connectivity index (χ4v) is 4.92. The Hall–Kier alpha value is -1.000. The number of halogens is 1. The number of carbonyl (C=O) groups is 1. The standard InChI is InChI=1S/C16H25BrN4O3S/c1-10(2)14-13(17)15(20-19-14)16(22)18-9-11-7-5-6-8-12(11)25(23,24)21(3)4/h5-8,10,13-15,19-20H,9H2,1-4H3,(H,18,22). The van der Waals surface area contributed by atoms with Gasteiger partial charge in [-0.2, -0.15) is 0 Å². The number of rotatable bonds is 6. The first kappa shape index (κ1) is 20.3. The Morgan fingerprint density at radius 2 is 1.92 bits per heavy atom. The molecule has 0 aliphatic carbocycles. The Morgan fingerprint density at radius 3 is 2.48 bits per heavy atom. The van der Waals surface area contributed by atoms with Crippen LogP contribution in [0.1, 0.15) is 19.4 Å². The number of hydrazine groups is 1. The second-order valence-electron chi connectivity index (χ2n) is 6.59. The van der Waals surface area contributed by atoms with Crippen LogP contribution >= 0.6 is 15.9 Å². The fourth-order valence-electron chi connectivity index (χ4n) is 2.69. The van der Waals surface area contributed by atoms with Gasteiger partial charge in [-0.15, -0.1) is 0 Å². The minimum absolute atomic E-state index is 0.0479. The first-order chi connectivity index (χ1) is 11.7. The zero-order valence-electron chi connectivity index (χ0n) is 14.8. The van der Waals surface area contributed by atoms with Gasteiger partial charge in [-0.3, -0.25) is 10.2 Å². The number of alkyl halides is 1. The third kappa shape index (κ3) is 4.40. The van der Waals surface area contributed by atoms with Crippen molar-refractivity contribution in [1.29, 1.82) is 0 Å². The van der Waals surface area contributed by atoms with E-state index in [1.54, 1.807) is 24.3 Å². The predicted molar refractivity (Wildman–Crippen MR) is 101 cm³/mol. The zero-order valence-corrected chi connectivity index (χ0v) is 17.2. The highest BCUT2D eigenvalue weighted by atomic mass is 79.9. The van der Waals surface area contributed by atoms with Gasteiger partial charge in [0.1, 0.15) is 6.04 Å². The molecule has 0 spiro atoms. The lowest BCUT2D eigenvalue weighted by Gasteiger charge is -2.20. The molecule has 3 N–H and O–H groups in total. The summed E-state index contributed by atoms with van der Waals surface area (Å²) in [5, 5.41) is 2.83. The third-order valence-electron chi connectivity index (χ3n) is 4.25. The van der Waals surface area contributed by atoms with Gasteiger partial charge < -0.3 is 5.32 Å². The highest BCUT2D eigenvalue weighted by molar-refractivity contribution is 9.09. The average molecular weight is 433 g/mol. The molecule has 7 nitrogen and oxygen atoms in total. The van der Waals surface area contributed by atoms with E-state index >= 15 is 0 Å². The van der Waals surface area contributed by atoms with Crippen molar-refractivity contribution < 1.29 is 13.2 Å². The lowest BCUT2D eigenvalue weighted by Crippen LogP contribution is -2.45. The van der Waals surface area contributed by atoms with Gasteiger partial charge in [-0.05, 0) is 17.5 Å². The van der Waals surface area contributed by atoms with Crippen LogP contribution in [0.2, 0.25) is 0 Å². The quantitative estimate of drug-likeness (QED) is 0.578. The first-order valence-corrected chi connectivity index (χ1v) is 10.4. The summed E-state index contributed by atoms with van der Waals surface area (Å²) in [7, 11) is -0.588. The van der Waals surface area contributed by atoms with Gasteiger partial charge in [0, 0.05) is 26.7 Å². The van der Waals surface area contributed by atoms with Crippen molar-refractivity contribution >= 4 is 31.9 Å². The van der Waals surface area contributed by atoms with Crippen molar-refractivity contribution in [2.24, 2.45) is 5.92 Å². The predicted octanol–water partition coefficient (Wildman–Crippen LogP) is 0.818. The maximum absolute atomic E-state index is 12.5. The highest BCUT2D eigenvalue weighted by Crippen LogP contribution is 2.22. The molecule has 1 amide bonds.